The van der Waals surface area contributed by atoms with Gasteiger partial charge in [0.1, 0.15) is 0 Å². The Kier molecular flexibility index (Phi) is 7.71. The van der Waals surface area contributed by atoms with Crippen LogP contribution in [0.2, 0.25) is 0 Å². The number of hydrogen-bond donors (Lipinski definition) is 2. The molecule has 0 spiro atoms. The van der Waals surface area contributed by atoms with Crippen molar-refractivity contribution in [3.63, 3.8) is 0 Å². The molecule has 0 bridgehead atoms. The van der Waals surface area contributed by atoms with Crippen LogP contribution in [0, 0.1) is 0 Å². The summed E-state index contributed by atoms with van der Waals surface area (Å²) < 4.78 is 11.9. The zero-order valence-electron chi connectivity index (χ0n) is 17.4. The normalized spacial score (nSPS) is 20.8. The molecule has 0 aromatic heterocycles. The number of hydrogen-bond acceptors (Lipinski definition) is 4. The fourth-order valence-electron chi connectivity index (χ4n) is 4.43. The maximum atomic E-state index is 5.96. The van der Waals surface area contributed by atoms with Gasteiger partial charge in [0, 0.05) is 13.1 Å². The van der Waals surface area contributed by atoms with Gasteiger partial charge in [0.2, 0.25) is 0 Å². The van der Waals surface area contributed by atoms with Crippen molar-refractivity contribution in [3.05, 3.63) is 70.8 Å². The highest BCUT2D eigenvalue weighted by atomic mass is 16.5. The Labute approximate surface area is 175 Å². The molecule has 2 aromatic rings. The number of nitrogens with one attached hydrogen (secondary N) is 2. The Morgan fingerprint density at radius 2 is 1.14 bits per heavy atom. The average Bonchev–Trinajstić information content (AvgIpc) is 2.78. The van der Waals surface area contributed by atoms with E-state index in [1.807, 2.05) is 0 Å². The summed E-state index contributed by atoms with van der Waals surface area (Å²) in [6.45, 7) is 5.61. The van der Waals surface area contributed by atoms with Crippen molar-refractivity contribution in [2.45, 2.75) is 44.3 Å². The first-order valence-electron chi connectivity index (χ1n) is 11.2. The van der Waals surface area contributed by atoms with Crippen molar-refractivity contribution < 1.29 is 9.47 Å². The number of ether oxygens (including phenoxy) is 2. The third-order valence-corrected chi connectivity index (χ3v) is 6.05. The first-order valence-corrected chi connectivity index (χ1v) is 11.2. The topological polar surface area (TPSA) is 42.5 Å². The Bertz CT molecular complexity index is 700. The number of unbranched alkanes of at least 4 members (excludes halogenated alkanes) is 2. The SMILES string of the molecule is c1ccc2c(c1)CCO[C@H]2CNCCCCCNC[C@H]1OCCc2ccccc21. The lowest BCUT2D eigenvalue weighted by Crippen LogP contribution is -2.29. The van der Waals surface area contributed by atoms with Gasteiger partial charge in [-0.1, -0.05) is 55.0 Å². The molecular weight excluding hydrogens is 360 g/mol. The van der Waals surface area contributed by atoms with Crippen LogP contribution in [0.15, 0.2) is 48.5 Å². The lowest BCUT2D eigenvalue weighted by Gasteiger charge is -2.26. The minimum atomic E-state index is 0.208. The summed E-state index contributed by atoms with van der Waals surface area (Å²) in [7, 11) is 0. The molecule has 0 radical (unpaired) electrons. The van der Waals surface area contributed by atoms with Gasteiger partial charge in [-0.2, -0.15) is 0 Å². The van der Waals surface area contributed by atoms with E-state index < -0.39 is 0 Å². The van der Waals surface area contributed by atoms with Crippen molar-refractivity contribution in [3.8, 4) is 0 Å². The lowest BCUT2D eigenvalue weighted by atomic mass is 9.97. The van der Waals surface area contributed by atoms with Crippen LogP contribution < -0.4 is 10.6 Å². The van der Waals surface area contributed by atoms with Gasteiger partial charge in [0.15, 0.2) is 0 Å². The van der Waals surface area contributed by atoms with Crippen LogP contribution in [0.4, 0.5) is 0 Å². The van der Waals surface area contributed by atoms with Crippen LogP contribution in [0.1, 0.15) is 53.7 Å². The number of fused-ring (bicyclic) bond motifs is 2. The highest BCUT2D eigenvalue weighted by Crippen LogP contribution is 2.27. The highest BCUT2D eigenvalue weighted by Gasteiger charge is 2.20. The van der Waals surface area contributed by atoms with E-state index in [9.17, 15) is 0 Å². The van der Waals surface area contributed by atoms with Crippen LogP contribution >= 0.6 is 0 Å². The Morgan fingerprint density at radius 1 is 0.655 bits per heavy atom. The molecule has 0 fully saturated rings. The van der Waals surface area contributed by atoms with Gasteiger partial charge < -0.3 is 20.1 Å². The zero-order chi connectivity index (χ0) is 19.7. The summed E-state index contributed by atoms with van der Waals surface area (Å²) in [5, 5.41) is 7.17. The highest BCUT2D eigenvalue weighted by molar-refractivity contribution is 5.32. The van der Waals surface area contributed by atoms with Gasteiger partial charge in [-0.3, -0.25) is 0 Å². The van der Waals surface area contributed by atoms with Crippen molar-refractivity contribution in [1.82, 2.24) is 10.6 Å². The summed E-state index contributed by atoms with van der Waals surface area (Å²) in [6, 6.07) is 17.4. The van der Waals surface area contributed by atoms with E-state index in [2.05, 4.69) is 59.2 Å². The molecule has 2 aromatic carbocycles. The summed E-state index contributed by atoms with van der Waals surface area (Å²) in [6.07, 6.45) is 6.15. The maximum Gasteiger partial charge on any atom is 0.0952 e. The molecule has 2 atom stereocenters. The van der Waals surface area contributed by atoms with Crippen LogP contribution in [-0.2, 0) is 22.3 Å². The van der Waals surface area contributed by atoms with Crippen LogP contribution in [0.25, 0.3) is 0 Å². The first-order chi connectivity index (χ1) is 14.4. The third kappa shape index (κ3) is 5.67. The van der Waals surface area contributed by atoms with E-state index in [0.29, 0.717) is 0 Å². The van der Waals surface area contributed by atoms with E-state index in [4.69, 9.17) is 9.47 Å². The van der Waals surface area contributed by atoms with E-state index >= 15 is 0 Å². The molecule has 0 saturated carbocycles. The molecule has 2 heterocycles. The second-order valence-corrected chi connectivity index (χ2v) is 8.09. The van der Waals surface area contributed by atoms with E-state index in [1.54, 1.807) is 0 Å². The Balaban J connectivity index is 1.06. The monoisotopic (exact) mass is 394 g/mol. The molecule has 4 rings (SSSR count). The van der Waals surface area contributed by atoms with Gasteiger partial charge in [-0.05, 0) is 61.0 Å². The molecule has 4 heteroatoms. The van der Waals surface area contributed by atoms with E-state index in [1.165, 1.54) is 41.5 Å². The number of benzene rings is 2. The van der Waals surface area contributed by atoms with E-state index in [0.717, 1.165) is 52.2 Å². The fraction of sp³-hybridized carbons (Fsp3) is 0.520. The molecular formula is C25H34N2O2. The largest absolute Gasteiger partial charge is 0.372 e. The summed E-state index contributed by atoms with van der Waals surface area (Å²) in [5.74, 6) is 0. The quantitative estimate of drug-likeness (QED) is 0.599. The smallest absolute Gasteiger partial charge is 0.0952 e. The summed E-state index contributed by atoms with van der Waals surface area (Å²) in [5.41, 5.74) is 5.62. The third-order valence-electron chi connectivity index (χ3n) is 6.05. The van der Waals surface area contributed by atoms with Gasteiger partial charge in [0.05, 0.1) is 25.4 Å². The molecule has 2 N–H and O–H groups in total. The molecule has 0 unspecified atom stereocenters. The van der Waals surface area contributed by atoms with Crippen LogP contribution in [0.5, 0.6) is 0 Å². The van der Waals surface area contributed by atoms with Crippen molar-refractivity contribution >= 4 is 0 Å². The molecule has 0 saturated heterocycles. The second-order valence-electron chi connectivity index (χ2n) is 8.09. The Morgan fingerprint density at radius 3 is 1.66 bits per heavy atom. The number of rotatable bonds is 10. The van der Waals surface area contributed by atoms with Crippen LogP contribution in [0.3, 0.4) is 0 Å². The van der Waals surface area contributed by atoms with Gasteiger partial charge in [-0.25, -0.2) is 0 Å². The lowest BCUT2D eigenvalue weighted by molar-refractivity contribution is 0.0424. The first kappa shape index (κ1) is 20.5. The second kappa shape index (κ2) is 10.9. The van der Waals surface area contributed by atoms with E-state index in [-0.39, 0.29) is 12.2 Å². The Hall–Kier alpha value is -1.72. The van der Waals surface area contributed by atoms with Crippen molar-refractivity contribution in [2.24, 2.45) is 0 Å². The summed E-state index contributed by atoms with van der Waals surface area (Å²) >= 11 is 0. The molecule has 29 heavy (non-hydrogen) atoms. The maximum absolute atomic E-state index is 5.96. The molecule has 2 aliphatic heterocycles. The molecule has 0 aliphatic carbocycles. The van der Waals surface area contributed by atoms with Crippen molar-refractivity contribution in [1.29, 1.82) is 0 Å². The minimum Gasteiger partial charge on any atom is -0.372 e. The van der Waals surface area contributed by atoms with Crippen molar-refractivity contribution in [2.75, 3.05) is 39.4 Å². The minimum absolute atomic E-state index is 0.208. The predicted octanol–water partition coefficient (Wildman–Crippen LogP) is 3.96. The average molecular weight is 395 g/mol. The van der Waals surface area contributed by atoms with Crippen LogP contribution in [-0.4, -0.2) is 39.4 Å². The molecule has 2 aliphatic rings. The predicted molar refractivity (Wildman–Crippen MR) is 117 cm³/mol. The van der Waals surface area contributed by atoms with Gasteiger partial charge in [0.25, 0.3) is 0 Å². The fourth-order valence-corrected chi connectivity index (χ4v) is 4.43. The molecule has 0 amide bonds. The van der Waals surface area contributed by atoms with Gasteiger partial charge in [-0.15, -0.1) is 0 Å². The zero-order valence-corrected chi connectivity index (χ0v) is 17.4. The molecule has 4 nitrogen and oxygen atoms in total. The molecule has 156 valence electrons. The van der Waals surface area contributed by atoms with Gasteiger partial charge >= 0.3 is 0 Å². The summed E-state index contributed by atoms with van der Waals surface area (Å²) in [4.78, 5) is 0. The standard InChI is InChI=1S/C25H34N2O2/c1(6-14-26-18-24-22-10-4-2-8-20(22)12-16-28-24)7-15-27-19-25-23-11-5-3-9-21(23)13-17-29-25/h2-5,8-11,24-27H,1,6-7,12-19H2/t24-,25+.